The summed E-state index contributed by atoms with van der Waals surface area (Å²) in [6.45, 7) is 0. The maximum Gasteiger partial charge on any atom is 0.137 e. The maximum atomic E-state index is 9.85. The van der Waals surface area contributed by atoms with E-state index in [0.717, 1.165) is 33.2 Å². The van der Waals surface area contributed by atoms with Crippen molar-refractivity contribution in [2.45, 2.75) is 0 Å². The summed E-state index contributed by atoms with van der Waals surface area (Å²) in [7, 11) is 0. The molecule has 226 valence electrons. The van der Waals surface area contributed by atoms with E-state index in [4.69, 9.17) is 4.98 Å². The van der Waals surface area contributed by atoms with Crippen molar-refractivity contribution in [3.63, 3.8) is 0 Å². The molecule has 2 heterocycles. The quantitative estimate of drug-likeness (QED) is 0.184. The number of pyridine rings is 1. The van der Waals surface area contributed by atoms with E-state index in [2.05, 4.69) is 132 Å². The van der Waals surface area contributed by atoms with Crippen molar-refractivity contribution in [2.24, 2.45) is 0 Å². The van der Waals surface area contributed by atoms with Crippen molar-refractivity contribution in [1.29, 1.82) is 5.26 Å². The van der Waals surface area contributed by atoms with E-state index in [0.29, 0.717) is 5.56 Å². The minimum absolute atomic E-state index is 0.639. The van der Waals surface area contributed by atoms with Crippen LogP contribution in [-0.2, 0) is 0 Å². The second kappa shape index (κ2) is 10.6. The molecule has 0 spiro atoms. The zero-order chi connectivity index (χ0) is 32.5. The smallest absolute Gasteiger partial charge is 0.137 e. The second-order valence-electron chi connectivity index (χ2n) is 12.6. The van der Waals surface area contributed by atoms with Crippen molar-refractivity contribution in [3.8, 4) is 34.1 Å². The number of nitrogens with zero attached hydrogens (tertiary/aromatic N) is 3. The Morgan fingerprint density at radius 3 is 1.53 bits per heavy atom. The molecule has 0 saturated carbocycles. The molecule has 0 saturated heterocycles. The Hall–Kier alpha value is -6.76. The first kappa shape index (κ1) is 27.4. The van der Waals surface area contributed by atoms with E-state index in [1.165, 1.54) is 59.8 Å². The molecule has 0 amide bonds. The van der Waals surface area contributed by atoms with Crippen molar-refractivity contribution in [3.05, 3.63) is 169 Å². The lowest BCUT2D eigenvalue weighted by Gasteiger charge is -2.20. The van der Waals surface area contributed by atoms with Crippen LogP contribution < -0.4 is 0 Å². The standard InChI is InChI=1S/C46H27N3/c47-28-29-20-22-41-39(25-29)40-27-32(21-23-42(40)49(41)43-19-9-10-24-48-43)44-35-15-5-7-17-37(35)46(38-18-8-6-16-36(38)44)45-33-13-3-1-11-30(33)26-31-12-2-4-14-34(31)45/h1-27H. The van der Waals surface area contributed by atoms with E-state index in [1.54, 1.807) is 0 Å². The van der Waals surface area contributed by atoms with Gasteiger partial charge in [-0.2, -0.15) is 5.26 Å². The van der Waals surface area contributed by atoms with E-state index in [-0.39, 0.29) is 0 Å². The third-order valence-electron chi connectivity index (χ3n) is 10.0. The summed E-state index contributed by atoms with van der Waals surface area (Å²) in [5.74, 6) is 0.850. The molecule has 0 fully saturated rings. The van der Waals surface area contributed by atoms with Crippen molar-refractivity contribution < 1.29 is 0 Å². The molecule has 0 radical (unpaired) electrons. The van der Waals surface area contributed by atoms with Gasteiger partial charge in [0.25, 0.3) is 0 Å². The van der Waals surface area contributed by atoms with Crippen LogP contribution in [0.1, 0.15) is 5.56 Å². The molecular formula is C46H27N3. The number of aromatic nitrogens is 2. The monoisotopic (exact) mass is 621 g/mol. The fourth-order valence-electron chi connectivity index (χ4n) is 7.97. The highest BCUT2D eigenvalue weighted by Crippen LogP contribution is 2.48. The molecule has 0 aliphatic carbocycles. The first-order chi connectivity index (χ1) is 24.3. The number of nitriles is 1. The van der Waals surface area contributed by atoms with Gasteiger partial charge in [-0.3, -0.25) is 4.57 Å². The molecule has 0 unspecified atom stereocenters. The Bertz CT molecular complexity index is 2890. The van der Waals surface area contributed by atoms with Crippen molar-refractivity contribution in [2.75, 3.05) is 0 Å². The summed E-state index contributed by atoms with van der Waals surface area (Å²) in [5, 5.41) is 21.8. The van der Waals surface area contributed by atoms with Crippen LogP contribution in [0, 0.1) is 11.3 Å². The molecule has 3 heteroatoms. The van der Waals surface area contributed by atoms with Gasteiger partial charge in [-0.1, -0.05) is 109 Å². The largest absolute Gasteiger partial charge is 0.294 e. The number of benzene rings is 8. The summed E-state index contributed by atoms with van der Waals surface area (Å²) in [6.07, 6.45) is 1.82. The molecule has 10 aromatic rings. The summed E-state index contributed by atoms with van der Waals surface area (Å²) in [4.78, 5) is 4.71. The van der Waals surface area contributed by atoms with Crippen LogP contribution in [0.3, 0.4) is 0 Å². The van der Waals surface area contributed by atoms with E-state index < -0.39 is 0 Å². The molecule has 10 rings (SSSR count). The second-order valence-corrected chi connectivity index (χ2v) is 12.6. The average Bonchev–Trinajstić information content (AvgIpc) is 3.49. The lowest BCUT2D eigenvalue weighted by atomic mass is 9.83. The topological polar surface area (TPSA) is 41.6 Å². The van der Waals surface area contributed by atoms with Gasteiger partial charge in [0.15, 0.2) is 0 Å². The predicted octanol–water partition coefficient (Wildman–Crippen LogP) is 12.0. The molecule has 0 bridgehead atoms. The van der Waals surface area contributed by atoms with Crippen LogP contribution in [0.5, 0.6) is 0 Å². The number of rotatable bonds is 3. The Morgan fingerprint density at radius 1 is 0.429 bits per heavy atom. The van der Waals surface area contributed by atoms with Gasteiger partial charge in [0.1, 0.15) is 5.82 Å². The third-order valence-corrected chi connectivity index (χ3v) is 10.0. The summed E-state index contributed by atoms with van der Waals surface area (Å²) in [5.41, 5.74) is 7.59. The Kier molecular flexibility index (Phi) is 5.94. The van der Waals surface area contributed by atoms with E-state index in [1.807, 2.05) is 42.6 Å². The molecule has 3 nitrogen and oxygen atoms in total. The molecular weight excluding hydrogens is 595 g/mol. The van der Waals surface area contributed by atoms with Gasteiger partial charge < -0.3 is 0 Å². The molecule has 8 aromatic carbocycles. The van der Waals surface area contributed by atoms with Gasteiger partial charge in [0.05, 0.1) is 22.7 Å². The maximum absolute atomic E-state index is 9.85. The highest BCUT2D eigenvalue weighted by Gasteiger charge is 2.21. The van der Waals surface area contributed by atoms with Gasteiger partial charge >= 0.3 is 0 Å². The number of hydrogen-bond acceptors (Lipinski definition) is 2. The molecule has 49 heavy (non-hydrogen) atoms. The fourth-order valence-corrected chi connectivity index (χ4v) is 7.97. The molecule has 0 N–H and O–H groups in total. The van der Waals surface area contributed by atoms with Crippen LogP contribution in [0.4, 0.5) is 0 Å². The Morgan fingerprint density at radius 2 is 0.939 bits per heavy atom. The number of hydrogen-bond donors (Lipinski definition) is 0. The Labute approximate surface area is 282 Å². The van der Waals surface area contributed by atoms with E-state index >= 15 is 0 Å². The third kappa shape index (κ3) is 4.05. The first-order valence-electron chi connectivity index (χ1n) is 16.5. The van der Waals surface area contributed by atoms with E-state index in [9.17, 15) is 5.26 Å². The minimum atomic E-state index is 0.639. The lowest BCUT2D eigenvalue weighted by Crippen LogP contribution is -1.96. The molecule has 0 aliphatic heterocycles. The van der Waals surface area contributed by atoms with Crippen molar-refractivity contribution in [1.82, 2.24) is 9.55 Å². The SMILES string of the molecule is N#Cc1ccc2c(c1)c1cc(-c3c4ccccc4c(-c4c5ccccc5cc5ccccc45)c4ccccc34)ccc1n2-c1ccccn1. The zero-order valence-electron chi connectivity index (χ0n) is 26.4. The molecule has 2 aromatic heterocycles. The van der Waals surface area contributed by atoms with Crippen LogP contribution in [0.15, 0.2) is 164 Å². The fraction of sp³-hybridized carbons (Fsp3) is 0. The lowest BCUT2D eigenvalue weighted by molar-refractivity contribution is 1.08. The average molecular weight is 622 g/mol. The summed E-state index contributed by atoms with van der Waals surface area (Å²) >= 11 is 0. The van der Waals surface area contributed by atoms with Gasteiger partial charge in [-0.05, 0) is 114 Å². The van der Waals surface area contributed by atoms with Crippen LogP contribution >= 0.6 is 0 Å². The minimum Gasteiger partial charge on any atom is -0.294 e. The predicted molar refractivity (Wildman–Crippen MR) is 204 cm³/mol. The van der Waals surface area contributed by atoms with Crippen LogP contribution in [0.2, 0.25) is 0 Å². The van der Waals surface area contributed by atoms with Gasteiger partial charge in [-0.25, -0.2) is 4.98 Å². The first-order valence-corrected chi connectivity index (χ1v) is 16.5. The zero-order valence-corrected chi connectivity index (χ0v) is 26.4. The normalized spacial score (nSPS) is 11.7. The van der Waals surface area contributed by atoms with Crippen molar-refractivity contribution >= 4 is 64.9 Å². The highest BCUT2D eigenvalue weighted by molar-refractivity contribution is 6.27. The highest BCUT2D eigenvalue weighted by atomic mass is 15.1. The van der Waals surface area contributed by atoms with Gasteiger partial charge in [0.2, 0.25) is 0 Å². The summed E-state index contributed by atoms with van der Waals surface area (Å²) < 4.78 is 2.19. The molecule has 0 atom stereocenters. The van der Waals surface area contributed by atoms with Crippen LogP contribution in [0.25, 0.3) is 93.0 Å². The molecule has 0 aliphatic rings. The van der Waals surface area contributed by atoms with Gasteiger partial charge in [0, 0.05) is 17.0 Å². The number of fused-ring (bicyclic) bond motifs is 7. The van der Waals surface area contributed by atoms with Gasteiger partial charge in [-0.15, -0.1) is 0 Å². The van der Waals surface area contributed by atoms with Crippen LogP contribution in [-0.4, -0.2) is 9.55 Å². The summed E-state index contributed by atoms with van der Waals surface area (Å²) in [6, 6.07) is 58.5. The Balaban J connectivity index is 1.34.